The molecule has 1 aromatic heterocycles. The first-order valence-electron chi connectivity index (χ1n) is 5.50. The Labute approximate surface area is 115 Å². The molecule has 3 N–H and O–H groups in total. The number of nitrogens with two attached hydrogens (primary N) is 1. The van der Waals surface area contributed by atoms with Crippen LogP contribution in [0.3, 0.4) is 0 Å². The lowest BCUT2D eigenvalue weighted by Crippen LogP contribution is -2.14. The zero-order chi connectivity index (χ0) is 13.7. The van der Waals surface area contributed by atoms with E-state index >= 15 is 0 Å². The molecule has 6 heteroatoms. The molecule has 1 aromatic carbocycles. The van der Waals surface area contributed by atoms with Crippen molar-refractivity contribution in [1.29, 1.82) is 0 Å². The molecule has 0 bridgehead atoms. The molecule has 0 aliphatic rings. The van der Waals surface area contributed by atoms with Gasteiger partial charge in [0, 0.05) is 11.1 Å². The van der Waals surface area contributed by atoms with E-state index < -0.39 is 0 Å². The maximum Gasteiger partial charge on any atom is 0.230 e. The van der Waals surface area contributed by atoms with Gasteiger partial charge in [0.15, 0.2) is 5.84 Å². The van der Waals surface area contributed by atoms with Crippen LogP contribution in [0.2, 0.25) is 0 Å². The van der Waals surface area contributed by atoms with Gasteiger partial charge in [0.1, 0.15) is 5.75 Å². The lowest BCUT2D eigenvalue weighted by atomic mass is 10.2. The average Bonchev–Trinajstić information content (AvgIpc) is 2.47. The van der Waals surface area contributed by atoms with Gasteiger partial charge in [-0.1, -0.05) is 17.3 Å². The standard InChI is InChI=1S/C13H13N3O2S/c1-19-11-7-3-2-6-10(11)18-13-9(12(14)16-17)5-4-8-15-13/h2-8,17H,1H3,(H2,14,16). The smallest absolute Gasteiger partial charge is 0.230 e. The molecule has 98 valence electrons. The van der Waals surface area contributed by atoms with E-state index in [1.54, 1.807) is 30.1 Å². The van der Waals surface area contributed by atoms with Crippen molar-refractivity contribution in [3.05, 3.63) is 48.2 Å². The van der Waals surface area contributed by atoms with Crippen LogP contribution in [0.5, 0.6) is 11.6 Å². The van der Waals surface area contributed by atoms with Crippen molar-refractivity contribution in [2.24, 2.45) is 10.9 Å². The summed E-state index contributed by atoms with van der Waals surface area (Å²) in [7, 11) is 0. The minimum Gasteiger partial charge on any atom is -0.437 e. The van der Waals surface area contributed by atoms with Crippen LogP contribution in [0.15, 0.2) is 52.6 Å². The Morgan fingerprint density at radius 3 is 2.84 bits per heavy atom. The predicted molar refractivity (Wildman–Crippen MR) is 75.0 cm³/mol. The zero-order valence-electron chi connectivity index (χ0n) is 10.3. The number of hydrogen-bond donors (Lipinski definition) is 2. The third-order valence-electron chi connectivity index (χ3n) is 2.43. The lowest BCUT2D eigenvalue weighted by molar-refractivity contribution is 0.318. The number of thioether (sulfide) groups is 1. The first-order valence-corrected chi connectivity index (χ1v) is 6.72. The second kappa shape index (κ2) is 6.10. The predicted octanol–water partition coefficient (Wildman–Crippen LogP) is 2.69. The highest BCUT2D eigenvalue weighted by Crippen LogP contribution is 2.31. The molecule has 0 aliphatic carbocycles. The highest BCUT2D eigenvalue weighted by Gasteiger charge is 2.11. The van der Waals surface area contributed by atoms with Crippen molar-refractivity contribution in [1.82, 2.24) is 4.98 Å². The van der Waals surface area contributed by atoms with Gasteiger partial charge in [-0.25, -0.2) is 4.98 Å². The van der Waals surface area contributed by atoms with Crippen LogP contribution in [0.1, 0.15) is 5.56 Å². The zero-order valence-corrected chi connectivity index (χ0v) is 11.1. The van der Waals surface area contributed by atoms with Gasteiger partial charge in [-0.15, -0.1) is 11.8 Å². The van der Waals surface area contributed by atoms with E-state index in [0.29, 0.717) is 17.2 Å². The summed E-state index contributed by atoms with van der Waals surface area (Å²) in [5.41, 5.74) is 6.04. The normalized spacial score (nSPS) is 11.3. The van der Waals surface area contributed by atoms with E-state index in [-0.39, 0.29) is 5.84 Å². The third kappa shape index (κ3) is 2.97. The van der Waals surface area contributed by atoms with Crippen LogP contribution in [0, 0.1) is 0 Å². The summed E-state index contributed by atoms with van der Waals surface area (Å²) in [6.07, 6.45) is 3.55. The average molecular weight is 275 g/mol. The number of amidine groups is 1. The van der Waals surface area contributed by atoms with Crippen LogP contribution >= 0.6 is 11.8 Å². The van der Waals surface area contributed by atoms with Gasteiger partial charge in [-0.3, -0.25) is 0 Å². The van der Waals surface area contributed by atoms with Crippen LogP contribution in [-0.2, 0) is 0 Å². The third-order valence-corrected chi connectivity index (χ3v) is 3.21. The summed E-state index contributed by atoms with van der Waals surface area (Å²) >= 11 is 1.57. The number of oxime groups is 1. The van der Waals surface area contributed by atoms with Gasteiger partial charge in [0.2, 0.25) is 5.88 Å². The van der Waals surface area contributed by atoms with Gasteiger partial charge < -0.3 is 15.7 Å². The molecule has 0 amide bonds. The van der Waals surface area contributed by atoms with E-state index in [9.17, 15) is 0 Å². The second-order valence-corrected chi connectivity index (χ2v) is 4.44. The van der Waals surface area contributed by atoms with Crippen molar-refractivity contribution < 1.29 is 9.94 Å². The van der Waals surface area contributed by atoms with Crippen molar-refractivity contribution >= 4 is 17.6 Å². The Morgan fingerprint density at radius 1 is 1.32 bits per heavy atom. The number of aromatic nitrogens is 1. The summed E-state index contributed by atoms with van der Waals surface area (Å²) in [4.78, 5) is 5.10. The van der Waals surface area contributed by atoms with Crippen molar-refractivity contribution in [2.75, 3.05) is 6.26 Å². The van der Waals surface area contributed by atoms with E-state index in [1.165, 1.54) is 0 Å². The molecular formula is C13H13N3O2S. The Hall–Kier alpha value is -2.21. The number of hydrogen-bond acceptors (Lipinski definition) is 5. The molecule has 0 spiro atoms. The maximum absolute atomic E-state index is 8.76. The molecule has 5 nitrogen and oxygen atoms in total. The Morgan fingerprint density at radius 2 is 2.11 bits per heavy atom. The molecular weight excluding hydrogens is 262 g/mol. The quantitative estimate of drug-likeness (QED) is 0.295. The van der Waals surface area contributed by atoms with Crippen LogP contribution < -0.4 is 10.5 Å². The number of ether oxygens (including phenoxy) is 1. The fraction of sp³-hybridized carbons (Fsp3) is 0.0769. The van der Waals surface area contributed by atoms with Gasteiger partial charge in [0.05, 0.1) is 5.56 Å². The maximum atomic E-state index is 8.76. The van der Waals surface area contributed by atoms with Gasteiger partial charge in [-0.2, -0.15) is 0 Å². The number of para-hydroxylation sites is 1. The minimum absolute atomic E-state index is 0.0373. The number of rotatable bonds is 4. The Bertz CT molecular complexity index is 602. The molecule has 19 heavy (non-hydrogen) atoms. The molecule has 0 fully saturated rings. The largest absolute Gasteiger partial charge is 0.437 e. The van der Waals surface area contributed by atoms with E-state index in [0.717, 1.165) is 4.90 Å². The van der Waals surface area contributed by atoms with Crippen molar-refractivity contribution in [2.45, 2.75) is 4.90 Å². The molecule has 2 rings (SSSR count). The van der Waals surface area contributed by atoms with Gasteiger partial charge in [0.25, 0.3) is 0 Å². The summed E-state index contributed by atoms with van der Waals surface area (Å²) < 4.78 is 5.75. The van der Waals surface area contributed by atoms with Crippen molar-refractivity contribution in [3.8, 4) is 11.6 Å². The van der Waals surface area contributed by atoms with Crippen LogP contribution in [0.25, 0.3) is 0 Å². The summed E-state index contributed by atoms with van der Waals surface area (Å²) in [5, 5.41) is 11.7. The molecule has 0 unspecified atom stereocenters. The van der Waals surface area contributed by atoms with E-state index in [2.05, 4.69) is 10.1 Å². The number of benzene rings is 1. The first kappa shape index (κ1) is 13.2. The van der Waals surface area contributed by atoms with Gasteiger partial charge in [-0.05, 0) is 30.5 Å². The summed E-state index contributed by atoms with van der Waals surface area (Å²) in [5.74, 6) is 0.949. The van der Waals surface area contributed by atoms with Gasteiger partial charge >= 0.3 is 0 Å². The topological polar surface area (TPSA) is 80.7 Å². The van der Waals surface area contributed by atoms with E-state index in [4.69, 9.17) is 15.7 Å². The monoisotopic (exact) mass is 275 g/mol. The second-order valence-electron chi connectivity index (χ2n) is 3.59. The fourth-order valence-electron chi connectivity index (χ4n) is 1.53. The summed E-state index contributed by atoms with van der Waals surface area (Å²) in [6, 6.07) is 11.0. The SMILES string of the molecule is CSc1ccccc1Oc1ncccc1/C(N)=N\O. The number of pyridine rings is 1. The molecule has 0 saturated carbocycles. The molecule has 0 atom stereocenters. The highest BCUT2D eigenvalue weighted by atomic mass is 32.2. The Balaban J connectivity index is 2.39. The van der Waals surface area contributed by atoms with Crippen LogP contribution in [-0.4, -0.2) is 22.3 Å². The van der Waals surface area contributed by atoms with Crippen molar-refractivity contribution in [3.63, 3.8) is 0 Å². The van der Waals surface area contributed by atoms with E-state index in [1.807, 2.05) is 30.5 Å². The van der Waals surface area contributed by atoms with Crippen LogP contribution in [0.4, 0.5) is 0 Å². The number of nitrogens with zero attached hydrogens (tertiary/aromatic N) is 2. The first-order chi connectivity index (χ1) is 9.26. The Kier molecular flexibility index (Phi) is 4.25. The molecule has 0 saturated heterocycles. The molecule has 2 aromatic rings. The summed E-state index contributed by atoms with van der Waals surface area (Å²) in [6.45, 7) is 0. The molecule has 1 heterocycles. The lowest BCUT2D eigenvalue weighted by Gasteiger charge is -2.11. The minimum atomic E-state index is -0.0373. The molecule has 0 aliphatic heterocycles. The molecule has 0 radical (unpaired) electrons. The highest BCUT2D eigenvalue weighted by molar-refractivity contribution is 7.98. The fourth-order valence-corrected chi connectivity index (χ4v) is 2.05.